The van der Waals surface area contributed by atoms with Gasteiger partial charge in [-0.05, 0) is 36.8 Å². The Bertz CT molecular complexity index is 1060. The molecule has 9 heteroatoms. The van der Waals surface area contributed by atoms with Gasteiger partial charge in [-0.1, -0.05) is 24.3 Å². The van der Waals surface area contributed by atoms with Crippen molar-refractivity contribution in [3.05, 3.63) is 65.2 Å². The Kier molecular flexibility index (Phi) is 5.46. The first-order valence-corrected chi connectivity index (χ1v) is 9.84. The van der Waals surface area contributed by atoms with Gasteiger partial charge in [-0.25, -0.2) is 18.0 Å². The van der Waals surface area contributed by atoms with Crippen LogP contribution in [0.2, 0.25) is 0 Å². The van der Waals surface area contributed by atoms with Gasteiger partial charge in [0.1, 0.15) is 18.5 Å². The van der Waals surface area contributed by atoms with Crippen LogP contribution in [-0.2, 0) is 30.9 Å². The number of ether oxygens (including phenoxy) is 2. The van der Waals surface area contributed by atoms with E-state index in [1.54, 1.807) is 42.5 Å². The molecule has 3 rings (SSSR count). The third kappa shape index (κ3) is 4.04. The van der Waals surface area contributed by atoms with Crippen LogP contribution < -0.4 is 4.72 Å². The molecule has 0 unspecified atom stereocenters. The minimum Gasteiger partial charge on any atom is -0.465 e. The van der Waals surface area contributed by atoms with Crippen LogP contribution in [0.3, 0.4) is 0 Å². The Morgan fingerprint density at radius 1 is 1.14 bits per heavy atom. The zero-order valence-electron chi connectivity index (χ0n) is 15.2. The van der Waals surface area contributed by atoms with Gasteiger partial charge < -0.3 is 9.47 Å². The minimum atomic E-state index is -3.67. The quantitative estimate of drug-likeness (QED) is 0.761. The van der Waals surface area contributed by atoms with Crippen LogP contribution in [0.15, 0.2) is 58.4 Å². The Balaban J connectivity index is 1.69. The van der Waals surface area contributed by atoms with Gasteiger partial charge >= 0.3 is 11.9 Å². The predicted molar refractivity (Wildman–Crippen MR) is 100 cm³/mol. The van der Waals surface area contributed by atoms with E-state index in [1.807, 2.05) is 0 Å². The largest absolute Gasteiger partial charge is 0.465 e. The van der Waals surface area contributed by atoms with Crippen molar-refractivity contribution in [3.63, 3.8) is 0 Å². The van der Waals surface area contributed by atoms with Crippen LogP contribution in [0.5, 0.6) is 0 Å². The van der Waals surface area contributed by atoms with E-state index >= 15 is 0 Å². The summed E-state index contributed by atoms with van der Waals surface area (Å²) in [5.41, 5.74) is 1.37. The molecule has 2 aromatic rings. The summed E-state index contributed by atoms with van der Waals surface area (Å²) >= 11 is 0. The van der Waals surface area contributed by atoms with Crippen LogP contribution >= 0.6 is 0 Å². The third-order valence-electron chi connectivity index (χ3n) is 4.06. The molecule has 8 nitrogen and oxygen atoms in total. The number of aliphatic imine (C=N–C) groups is 1. The summed E-state index contributed by atoms with van der Waals surface area (Å²) in [6.45, 7) is 1.45. The SMILES string of the molecule is COC(=O)c1cccc(COC(=O)[C@H](C)N=C2NS(=O)(=O)c3ccccc32)c1. The number of benzene rings is 2. The summed E-state index contributed by atoms with van der Waals surface area (Å²) in [7, 11) is -2.39. The predicted octanol–water partition coefficient (Wildman–Crippen LogP) is 1.64. The number of amidine groups is 1. The molecule has 0 amide bonds. The van der Waals surface area contributed by atoms with Crippen molar-refractivity contribution in [3.8, 4) is 0 Å². The molecule has 0 aliphatic carbocycles. The number of nitrogens with zero attached hydrogens (tertiary/aromatic N) is 1. The molecule has 28 heavy (non-hydrogen) atoms. The van der Waals surface area contributed by atoms with Crippen LogP contribution in [-0.4, -0.2) is 39.3 Å². The minimum absolute atomic E-state index is 0.0544. The number of nitrogens with one attached hydrogen (secondary N) is 1. The van der Waals surface area contributed by atoms with Crippen molar-refractivity contribution in [2.75, 3.05) is 7.11 Å². The Morgan fingerprint density at radius 2 is 1.89 bits per heavy atom. The number of sulfonamides is 1. The molecule has 0 saturated heterocycles. The second-order valence-corrected chi connectivity index (χ2v) is 7.71. The van der Waals surface area contributed by atoms with E-state index in [1.165, 1.54) is 20.1 Å². The van der Waals surface area contributed by atoms with Gasteiger partial charge in [-0.2, -0.15) is 0 Å². The molecule has 0 saturated carbocycles. The molecule has 1 atom stereocenters. The molecular weight excluding hydrogens is 384 g/mol. The smallest absolute Gasteiger partial charge is 0.337 e. The zero-order valence-corrected chi connectivity index (χ0v) is 16.0. The monoisotopic (exact) mass is 402 g/mol. The van der Waals surface area contributed by atoms with Gasteiger partial charge in [0, 0.05) is 5.56 Å². The standard InChI is InChI=1S/C19H18N2O6S/c1-12(20-17-15-8-3-4-9-16(15)28(24,25)21-17)18(22)27-11-13-6-5-7-14(10-13)19(23)26-2/h3-10,12H,11H2,1-2H3,(H,20,21)/t12-/m0/s1. The van der Waals surface area contributed by atoms with E-state index in [-0.39, 0.29) is 17.3 Å². The molecule has 0 radical (unpaired) electrons. The molecule has 0 bridgehead atoms. The first-order chi connectivity index (χ1) is 13.3. The lowest BCUT2D eigenvalue weighted by Gasteiger charge is -2.10. The van der Waals surface area contributed by atoms with E-state index in [4.69, 9.17) is 4.74 Å². The maximum atomic E-state index is 12.3. The molecule has 1 heterocycles. The molecule has 146 valence electrons. The van der Waals surface area contributed by atoms with E-state index in [0.717, 1.165) is 0 Å². The number of hydrogen-bond donors (Lipinski definition) is 1. The topological polar surface area (TPSA) is 111 Å². The molecule has 2 aromatic carbocycles. The average molecular weight is 402 g/mol. The lowest BCUT2D eigenvalue weighted by Crippen LogP contribution is -2.26. The zero-order chi connectivity index (χ0) is 20.3. The molecular formula is C19H18N2O6S. The van der Waals surface area contributed by atoms with Gasteiger partial charge in [0.15, 0.2) is 0 Å². The first kappa shape index (κ1) is 19.6. The number of carbonyl (C=O) groups excluding carboxylic acids is 2. The van der Waals surface area contributed by atoms with Gasteiger partial charge in [-0.3, -0.25) is 9.71 Å². The number of fused-ring (bicyclic) bond motifs is 1. The Hall–Kier alpha value is -3.20. The fourth-order valence-corrected chi connectivity index (χ4v) is 3.90. The number of rotatable bonds is 5. The van der Waals surface area contributed by atoms with Crippen molar-refractivity contribution >= 4 is 27.8 Å². The second-order valence-electron chi connectivity index (χ2n) is 6.06. The lowest BCUT2D eigenvalue weighted by molar-refractivity contribution is -0.146. The fraction of sp³-hybridized carbons (Fsp3) is 0.211. The highest BCUT2D eigenvalue weighted by atomic mass is 32.2. The van der Waals surface area contributed by atoms with Gasteiger partial charge in [0.25, 0.3) is 10.0 Å². The summed E-state index contributed by atoms with van der Waals surface area (Å²) in [4.78, 5) is 28.1. The van der Waals surface area contributed by atoms with Gasteiger partial charge in [-0.15, -0.1) is 0 Å². The third-order valence-corrected chi connectivity index (χ3v) is 5.45. The highest BCUT2D eigenvalue weighted by Crippen LogP contribution is 2.22. The average Bonchev–Trinajstić information content (AvgIpc) is 2.96. The summed E-state index contributed by atoms with van der Waals surface area (Å²) in [5, 5.41) is 0. The summed E-state index contributed by atoms with van der Waals surface area (Å²) in [6.07, 6.45) is 0. The number of methoxy groups -OCH3 is 1. The molecule has 0 aromatic heterocycles. The first-order valence-electron chi connectivity index (χ1n) is 8.36. The molecule has 1 N–H and O–H groups in total. The van der Waals surface area contributed by atoms with Crippen LogP contribution in [0.4, 0.5) is 0 Å². The lowest BCUT2D eigenvalue weighted by atomic mass is 10.1. The van der Waals surface area contributed by atoms with Crippen molar-refractivity contribution in [2.24, 2.45) is 4.99 Å². The maximum absolute atomic E-state index is 12.3. The normalized spacial score (nSPS) is 16.7. The maximum Gasteiger partial charge on any atom is 0.337 e. The van der Waals surface area contributed by atoms with E-state index in [9.17, 15) is 18.0 Å². The van der Waals surface area contributed by atoms with Gasteiger partial charge in [0.05, 0.1) is 17.6 Å². The summed E-state index contributed by atoms with van der Waals surface area (Å²) in [5.74, 6) is -1.01. The molecule has 1 aliphatic heterocycles. The molecule has 0 spiro atoms. The highest BCUT2D eigenvalue weighted by Gasteiger charge is 2.31. The fourth-order valence-electron chi connectivity index (χ4n) is 2.66. The Labute approximate surface area is 162 Å². The van der Waals surface area contributed by atoms with Crippen molar-refractivity contribution in [2.45, 2.75) is 24.5 Å². The Morgan fingerprint density at radius 3 is 2.64 bits per heavy atom. The highest BCUT2D eigenvalue weighted by molar-refractivity contribution is 7.90. The van der Waals surface area contributed by atoms with Crippen molar-refractivity contribution in [1.29, 1.82) is 0 Å². The molecule has 1 aliphatic rings. The summed E-state index contributed by atoms with van der Waals surface area (Å²) in [6, 6.07) is 12.0. The summed E-state index contributed by atoms with van der Waals surface area (Å²) < 4.78 is 36.4. The van der Waals surface area contributed by atoms with Crippen LogP contribution in [0, 0.1) is 0 Å². The number of carbonyl (C=O) groups is 2. The molecule has 0 fully saturated rings. The number of hydrogen-bond acceptors (Lipinski definition) is 7. The van der Waals surface area contributed by atoms with Crippen molar-refractivity contribution in [1.82, 2.24) is 4.72 Å². The van der Waals surface area contributed by atoms with E-state index in [2.05, 4.69) is 14.5 Å². The van der Waals surface area contributed by atoms with Crippen LogP contribution in [0.25, 0.3) is 0 Å². The number of esters is 2. The van der Waals surface area contributed by atoms with Crippen LogP contribution in [0.1, 0.15) is 28.4 Å². The van der Waals surface area contributed by atoms with Gasteiger partial charge in [0.2, 0.25) is 0 Å². The van der Waals surface area contributed by atoms with E-state index < -0.39 is 28.0 Å². The van der Waals surface area contributed by atoms with E-state index in [0.29, 0.717) is 16.7 Å². The van der Waals surface area contributed by atoms with Crippen molar-refractivity contribution < 1.29 is 27.5 Å². The second kappa shape index (κ2) is 7.81.